The predicted molar refractivity (Wildman–Crippen MR) is 185 cm³/mol. The Morgan fingerprint density at radius 1 is 1.15 bits per heavy atom. The van der Waals surface area contributed by atoms with Gasteiger partial charge in [0, 0.05) is 46.4 Å². The lowest BCUT2D eigenvalue weighted by Gasteiger charge is -2.37. The third-order valence-electron chi connectivity index (χ3n) is 10.0. The molecule has 0 N–H and O–H groups in total. The number of pyridine rings is 1. The quantitative estimate of drug-likeness (QED) is 0.205. The summed E-state index contributed by atoms with van der Waals surface area (Å²) in [5.41, 5.74) is 3.97. The number of benzene rings is 2. The molecule has 3 aliphatic heterocycles. The minimum atomic E-state index is -0.580. The smallest absolute Gasteiger partial charge is 0.298 e. The van der Waals surface area contributed by atoms with Gasteiger partial charge in [-0.2, -0.15) is 10.4 Å². The van der Waals surface area contributed by atoms with Crippen LogP contribution < -0.4 is 4.74 Å². The summed E-state index contributed by atoms with van der Waals surface area (Å²) in [7, 11) is 2.08. The third-order valence-corrected chi connectivity index (χ3v) is 10.7. The highest BCUT2D eigenvalue weighted by Gasteiger charge is 2.34. The number of piperidine rings is 1. The summed E-state index contributed by atoms with van der Waals surface area (Å²) in [6.45, 7) is 5.73. The molecule has 3 aliphatic rings. The first kappa shape index (κ1) is 32.3. The van der Waals surface area contributed by atoms with E-state index in [0.717, 1.165) is 30.5 Å². The van der Waals surface area contributed by atoms with E-state index in [4.69, 9.17) is 38.0 Å². The Morgan fingerprint density at radius 2 is 1.98 bits per heavy atom. The van der Waals surface area contributed by atoms with Crippen LogP contribution in [-0.2, 0) is 11.3 Å². The van der Waals surface area contributed by atoms with Crippen molar-refractivity contribution >= 4 is 57.1 Å². The van der Waals surface area contributed by atoms with Gasteiger partial charge in [-0.15, -0.1) is 0 Å². The number of aliphatic imine (C=N–C) groups is 1. The van der Waals surface area contributed by atoms with Crippen LogP contribution in [0.5, 0.6) is 5.88 Å². The van der Waals surface area contributed by atoms with Gasteiger partial charge in [-0.3, -0.25) is 14.5 Å². The van der Waals surface area contributed by atoms with Crippen LogP contribution in [0.25, 0.3) is 32.9 Å². The fourth-order valence-electron chi connectivity index (χ4n) is 7.48. The van der Waals surface area contributed by atoms with Gasteiger partial charge in [0.15, 0.2) is 5.82 Å². The molecule has 0 bridgehead atoms. The maximum atomic E-state index is 17.1. The Kier molecular flexibility index (Phi) is 8.76. The molecule has 2 aromatic heterocycles. The highest BCUT2D eigenvalue weighted by Crippen LogP contribution is 2.45. The summed E-state index contributed by atoms with van der Waals surface area (Å²) in [6, 6.07) is 5.53. The minimum Gasteiger partial charge on any atom is -0.475 e. The molecular weight excluding hydrogens is 652 g/mol. The highest BCUT2D eigenvalue weighted by atomic mass is 35.5. The fraction of sp³-hybridized carbons (Fsp3) is 0.417. The van der Waals surface area contributed by atoms with Crippen molar-refractivity contribution in [3.05, 3.63) is 50.9 Å². The molecule has 2 aromatic carbocycles. The number of ether oxygens (including phenoxy) is 1. The lowest BCUT2D eigenvalue weighted by Crippen LogP contribution is -2.46. The van der Waals surface area contributed by atoms with Gasteiger partial charge < -0.3 is 14.5 Å². The molecule has 3 atom stereocenters. The Balaban J connectivity index is 1.40. The monoisotopic (exact) mass is 685 g/mol. The lowest BCUT2D eigenvalue weighted by molar-refractivity contribution is -0.129. The first-order chi connectivity index (χ1) is 23.2. The van der Waals surface area contributed by atoms with Crippen LogP contribution in [0.1, 0.15) is 61.8 Å². The van der Waals surface area contributed by atoms with Crippen LogP contribution in [0, 0.1) is 35.9 Å². The standard InChI is InChI=1S/C36H34Cl2FN7O2/c1-4-6-30(47)45-12-9-23(14-22(45)8-10-40)46-35-25-15-29(38)32(31-20(2)28(37)13-21-16-41-17-26(21)31)33(39)34(25)43-36(27(35)18-42-46)48-19-24-7-5-11-44(24)3/h13,15,17-18,22-24H,5,7-9,11-12,14,16,19H2,1-3H3/t22-,23+,24+/m1/s1. The van der Waals surface area contributed by atoms with E-state index in [0.29, 0.717) is 70.9 Å². The molecular formula is C36H34Cl2FN7O2. The first-order valence-corrected chi connectivity index (χ1v) is 16.9. The number of rotatable bonds is 6. The second-order valence-electron chi connectivity index (χ2n) is 12.8. The molecule has 12 heteroatoms. The highest BCUT2D eigenvalue weighted by molar-refractivity contribution is 6.36. The van der Waals surface area contributed by atoms with Crippen molar-refractivity contribution < 1.29 is 13.9 Å². The Morgan fingerprint density at radius 3 is 2.73 bits per heavy atom. The van der Waals surface area contributed by atoms with Crippen LogP contribution in [-0.4, -0.2) is 75.5 Å². The molecule has 5 heterocycles. The molecule has 48 heavy (non-hydrogen) atoms. The number of carbonyl (C=O) groups excluding carboxylic acids is 1. The van der Waals surface area contributed by atoms with Gasteiger partial charge in [-0.05, 0) is 87.9 Å². The van der Waals surface area contributed by atoms with Crippen molar-refractivity contribution in [3.63, 3.8) is 0 Å². The number of aromatic nitrogens is 3. The largest absolute Gasteiger partial charge is 0.475 e. The van der Waals surface area contributed by atoms with Gasteiger partial charge in [-0.1, -0.05) is 29.1 Å². The van der Waals surface area contributed by atoms with Gasteiger partial charge in [-0.25, -0.2) is 9.37 Å². The van der Waals surface area contributed by atoms with Gasteiger partial charge in [0.05, 0.1) is 47.2 Å². The van der Waals surface area contributed by atoms with Crippen LogP contribution in [0.4, 0.5) is 4.39 Å². The minimum absolute atomic E-state index is 0.112. The normalized spacial score (nSPS) is 20.6. The topological polar surface area (TPSA) is 99.6 Å². The molecule has 1 amide bonds. The number of amides is 1. The average Bonchev–Trinajstić information content (AvgIpc) is 3.82. The van der Waals surface area contributed by atoms with E-state index in [9.17, 15) is 10.1 Å². The Bertz CT molecular complexity index is 2110. The summed E-state index contributed by atoms with van der Waals surface area (Å²) in [6.07, 6.45) is 6.75. The molecule has 2 fully saturated rings. The molecule has 0 saturated carbocycles. The van der Waals surface area contributed by atoms with E-state index < -0.39 is 5.82 Å². The number of nitrogens with zero attached hydrogens (tertiary/aromatic N) is 7. The summed E-state index contributed by atoms with van der Waals surface area (Å²) in [4.78, 5) is 25.9. The zero-order valence-corrected chi connectivity index (χ0v) is 28.5. The van der Waals surface area contributed by atoms with Crippen molar-refractivity contribution in [1.82, 2.24) is 24.6 Å². The Labute approximate surface area is 288 Å². The second-order valence-corrected chi connectivity index (χ2v) is 13.6. The average molecular weight is 687 g/mol. The third kappa shape index (κ3) is 5.46. The number of fused-ring (bicyclic) bond motifs is 4. The number of carbonyl (C=O) groups is 1. The van der Waals surface area contributed by atoms with Gasteiger partial charge in [0.25, 0.3) is 5.91 Å². The molecule has 7 rings (SSSR count). The van der Waals surface area contributed by atoms with Crippen LogP contribution >= 0.6 is 23.2 Å². The number of halogens is 3. The number of likely N-dealkylation sites (N-methyl/N-ethyl adjacent to an activating group) is 1. The predicted octanol–water partition coefficient (Wildman–Crippen LogP) is 6.88. The zero-order chi connectivity index (χ0) is 33.7. The van der Waals surface area contributed by atoms with Crippen molar-refractivity contribution in [2.75, 3.05) is 26.7 Å². The second kappa shape index (κ2) is 13.0. The molecule has 0 unspecified atom stereocenters. The van der Waals surface area contributed by atoms with Crippen molar-refractivity contribution in [2.24, 2.45) is 4.99 Å². The van der Waals surface area contributed by atoms with Crippen molar-refractivity contribution in [3.8, 4) is 34.9 Å². The number of likely N-dealkylation sites (tertiary alicyclic amines) is 2. The van der Waals surface area contributed by atoms with Crippen LogP contribution in [0.2, 0.25) is 10.0 Å². The van der Waals surface area contributed by atoms with E-state index in [1.807, 2.05) is 17.7 Å². The van der Waals surface area contributed by atoms with Crippen molar-refractivity contribution in [1.29, 1.82) is 5.26 Å². The summed E-state index contributed by atoms with van der Waals surface area (Å²) < 4.78 is 25.4. The summed E-state index contributed by atoms with van der Waals surface area (Å²) in [5, 5.41) is 16.3. The lowest BCUT2D eigenvalue weighted by atomic mass is 9.91. The van der Waals surface area contributed by atoms with Crippen molar-refractivity contribution in [2.45, 2.75) is 70.6 Å². The SMILES string of the molecule is CC#CC(=O)N1CC[C@H](n2ncc3c(OC[C@@H]4CCCN4C)nc4c(F)c(-c5c(C)c(Cl)cc6c5C=NC6)c(Cl)cc4c32)C[C@H]1CC#N. The molecule has 4 aromatic rings. The first-order valence-electron chi connectivity index (χ1n) is 16.2. The molecule has 2 saturated heterocycles. The zero-order valence-electron chi connectivity index (χ0n) is 27.0. The van der Waals surface area contributed by atoms with E-state index in [1.165, 1.54) is 0 Å². The Hall–Kier alpha value is -4.22. The molecule has 9 nitrogen and oxygen atoms in total. The number of hydrogen-bond donors (Lipinski definition) is 0. The van der Waals surface area contributed by atoms with E-state index in [1.54, 1.807) is 30.3 Å². The number of hydrogen-bond acceptors (Lipinski definition) is 7. The summed E-state index contributed by atoms with van der Waals surface area (Å²) in [5.74, 6) is 4.71. The molecule has 0 spiro atoms. The van der Waals surface area contributed by atoms with E-state index >= 15 is 4.39 Å². The maximum Gasteiger partial charge on any atom is 0.298 e. The fourth-order valence-corrected chi connectivity index (χ4v) is 7.99. The van der Waals surface area contributed by atoms with Gasteiger partial charge >= 0.3 is 0 Å². The maximum absolute atomic E-state index is 17.1. The van der Waals surface area contributed by atoms with Crippen LogP contribution in [0.15, 0.2) is 23.3 Å². The van der Waals surface area contributed by atoms with Crippen LogP contribution in [0.3, 0.4) is 0 Å². The van der Waals surface area contributed by atoms with E-state index in [2.05, 4.69) is 34.9 Å². The molecule has 246 valence electrons. The molecule has 0 radical (unpaired) electrons. The number of nitriles is 1. The summed E-state index contributed by atoms with van der Waals surface area (Å²) >= 11 is 13.6. The molecule has 0 aliphatic carbocycles. The van der Waals surface area contributed by atoms with E-state index in [-0.39, 0.29) is 46.6 Å². The van der Waals surface area contributed by atoms with Gasteiger partial charge in [0.2, 0.25) is 5.88 Å². The van der Waals surface area contributed by atoms with Gasteiger partial charge in [0.1, 0.15) is 12.1 Å².